The van der Waals surface area contributed by atoms with Crippen LogP contribution in [0.2, 0.25) is 5.02 Å². The monoisotopic (exact) mass is 451 g/mol. The van der Waals surface area contributed by atoms with E-state index in [-0.39, 0.29) is 42.8 Å². The van der Waals surface area contributed by atoms with E-state index in [1.807, 2.05) is 6.92 Å². The highest BCUT2D eigenvalue weighted by atomic mass is 35.5. The molecule has 3 rings (SSSR count). The molecule has 1 N–H and O–H groups in total. The van der Waals surface area contributed by atoms with Crippen LogP contribution in [0, 0.1) is 6.92 Å². The van der Waals surface area contributed by atoms with Gasteiger partial charge in [-0.05, 0) is 44.0 Å². The van der Waals surface area contributed by atoms with E-state index in [1.54, 1.807) is 24.0 Å². The molecule has 1 saturated heterocycles. The van der Waals surface area contributed by atoms with E-state index in [1.165, 1.54) is 23.4 Å². The van der Waals surface area contributed by atoms with Crippen LogP contribution in [-0.2, 0) is 16.4 Å². The van der Waals surface area contributed by atoms with E-state index >= 15 is 0 Å². The summed E-state index contributed by atoms with van der Waals surface area (Å²) in [5, 5.41) is 0.358. The summed E-state index contributed by atoms with van der Waals surface area (Å²) in [6.07, 6.45) is 1.44. The van der Waals surface area contributed by atoms with Crippen LogP contribution in [0.25, 0.3) is 0 Å². The highest BCUT2D eigenvalue weighted by molar-refractivity contribution is 7.89. The molecule has 1 amide bonds. The number of rotatable bonds is 6. The van der Waals surface area contributed by atoms with Gasteiger partial charge in [-0.25, -0.2) is 8.42 Å². The number of nitrogens with zero attached hydrogens (tertiary/aromatic N) is 2. The summed E-state index contributed by atoms with van der Waals surface area (Å²) in [6, 6.07) is 6.17. The molecule has 1 aromatic heterocycles. The van der Waals surface area contributed by atoms with Crippen molar-refractivity contribution < 1.29 is 18.0 Å². The third kappa shape index (κ3) is 4.31. The molecule has 9 heteroatoms. The van der Waals surface area contributed by atoms with E-state index < -0.39 is 10.0 Å². The zero-order valence-electron chi connectivity index (χ0n) is 17.4. The number of amides is 1. The van der Waals surface area contributed by atoms with Crippen molar-refractivity contribution in [2.75, 3.05) is 26.2 Å². The minimum atomic E-state index is -3.67. The molecule has 0 spiro atoms. The summed E-state index contributed by atoms with van der Waals surface area (Å²) in [6.45, 7) is 6.24. The normalized spacial score (nSPS) is 15.4. The van der Waals surface area contributed by atoms with Crippen molar-refractivity contribution in [3.05, 3.63) is 51.8 Å². The summed E-state index contributed by atoms with van der Waals surface area (Å²) in [4.78, 5) is 30.1. The van der Waals surface area contributed by atoms with Crippen molar-refractivity contribution in [3.63, 3.8) is 0 Å². The van der Waals surface area contributed by atoms with Crippen LogP contribution in [-0.4, -0.2) is 60.5 Å². The van der Waals surface area contributed by atoms with Gasteiger partial charge in [-0.2, -0.15) is 4.31 Å². The first-order chi connectivity index (χ1) is 14.2. The number of benzene rings is 1. The van der Waals surface area contributed by atoms with Crippen molar-refractivity contribution in [2.45, 2.75) is 38.5 Å². The molecule has 2 aromatic rings. The van der Waals surface area contributed by atoms with E-state index in [4.69, 9.17) is 11.6 Å². The SMILES string of the molecule is CCCc1c(C(=O)N2CCN(S(=O)(=O)c3cccc(Cl)c3)CC2)[nH]c(C)c1C(C)=O. The van der Waals surface area contributed by atoms with E-state index in [0.29, 0.717) is 28.4 Å². The van der Waals surface area contributed by atoms with Crippen LogP contribution in [0.5, 0.6) is 0 Å². The molecule has 0 atom stereocenters. The number of nitrogens with one attached hydrogen (secondary N) is 1. The van der Waals surface area contributed by atoms with Gasteiger partial charge in [0.2, 0.25) is 10.0 Å². The van der Waals surface area contributed by atoms with E-state index in [9.17, 15) is 18.0 Å². The number of hydrogen-bond acceptors (Lipinski definition) is 4. The van der Waals surface area contributed by atoms with E-state index in [0.717, 1.165) is 12.0 Å². The Morgan fingerprint density at radius 1 is 1.17 bits per heavy atom. The first-order valence-electron chi connectivity index (χ1n) is 9.94. The molecule has 1 aliphatic heterocycles. The lowest BCUT2D eigenvalue weighted by atomic mass is 10.0. The first-order valence-corrected chi connectivity index (χ1v) is 11.8. The molecular formula is C21H26ClN3O4S. The Kier molecular flexibility index (Phi) is 6.69. The zero-order chi connectivity index (χ0) is 22.1. The van der Waals surface area contributed by atoms with Gasteiger partial charge >= 0.3 is 0 Å². The molecule has 0 aliphatic carbocycles. The summed E-state index contributed by atoms with van der Waals surface area (Å²) in [7, 11) is -3.67. The molecule has 0 radical (unpaired) electrons. The highest BCUT2D eigenvalue weighted by Gasteiger charge is 2.32. The van der Waals surface area contributed by atoms with Crippen LogP contribution < -0.4 is 0 Å². The van der Waals surface area contributed by atoms with Crippen molar-refractivity contribution in [1.82, 2.24) is 14.2 Å². The number of sulfonamides is 1. The summed E-state index contributed by atoms with van der Waals surface area (Å²) < 4.78 is 27.1. The predicted octanol–water partition coefficient (Wildman–Crippen LogP) is 3.28. The van der Waals surface area contributed by atoms with Crippen LogP contribution in [0.1, 0.15) is 52.4 Å². The standard InChI is InChI=1S/C21H26ClN3O4S/c1-4-6-18-19(15(3)26)14(2)23-20(18)21(27)24-9-11-25(12-10-24)30(28,29)17-8-5-7-16(22)13-17/h5,7-8,13,23H,4,6,9-12H2,1-3H3. The van der Waals surface area contributed by atoms with Crippen LogP contribution >= 0.6 is 11.6 Å². The number of aromatic nitrogens is 1. The number of aryl methyl sites for hydroxylation is 1. The minimum Gasteiger partial charge on any atom is -0.354 e. The Morgan fingerprint density at radius 2 is 1.83 bits per heavy atom. The van der Waals surface area contributed by atoms with Gasteiger partial charge in [0.25, 0.3) is 5.91 Å². The molecular weight excluding hydrogens is 426 g/mol. The maximum absolute atomic E-state index is 13.2. The number of carbonyl (C=O) groups is 2. The lowest BCUT2D eigenvalue weighted by molar-refractivity contribution is 0.0691. The number of halogens is 1. The van der Waals surface area contributed by atoms with Gasteiger partial charge in [0.05, 0.1) is 4.90 Å². The second kappa shape index (κ2) is 8.91. The van der Waals surface area contributed by atoms with Gasteiger partial charge < -0.3 is 9.88 Å². The summed E-state index contributed by atoms with van der Waals surface area (Å²) in [5.74, 6) is -0.266. The molecule has 2 heterocycles. The third-order valence-corrected chi connectivity index (χ3v) is 7.45. The van der Waals surface area contributed by atoms with Crippen LogP contribution in [0.3, 0.4) is 0 Å². The van der Waals surface area contributed by atoms with Gasteiger partial charge in [-0.1, -0.05) is 31.0 Å². The minimum absolute atomic E-state index is 0.0660. The maximum atomic E-state index is 13.2. The van der Waals surface area contributed by atoms with Gasteiger partial charge in [0.1, 0.15) is 5.69 Å². The Morgan fingerprint density at radius 3 is 2.40 bits per heavy atom. The van der Waals surface area contributed by atoms with Crippen LogP contribution in [0.15, 0.2) is 29.2 Å². The van der Waals surface area contributed by atoms with Crippen LogP contribution in [0.4, 0.5) is 0 Å². The fourth-order valence-electron chi connectivity index (χ4n) is 3.90. The van der Waals surface area contributed by atoms with Gasteiger partial charge in [0.15, 0.2) is 5.78 Å². The van der Waals surface area contributed by atoms with Gasteiger partial charge in [-0.3, -0.25) is 9.59 Å². The zero-order valence-corrected chi connectivity index (χ0v) is 18.9. The quantitative estimate of drug-likeness (QED) is 0.682. The Labute approximate surface area is 182 Å². The van der Waals surface area contributed by atoms with Crippen molar-refractivity contribution in [1.29, 1.82) is 0 Å². The lowest BCUT2D eigenvalue weighted by Gasteiger charge is -2.34. The van der Waals surface area contributed by atoms with Crippen molar-refractivity contribution >= 4 is 33.3 Å². The van der Waals surface area contributed by atoms with E-state index in [2.05, 4.69) is 4.98 Å². The molecule has 0 unspecified atom stereocenters. The fraction of sp³-hybridized carbons (Fsp3) is 0.429. The summed E-state index contributed by atoms with van der Waals surface area (Å²) in [5.41, 5.74) is 2.46. The topological polar surface area (TPSA) is 90.6 Å². The smallest absolute Gasteiger partial charge is 0.270 e. The number of ketones is 1. The first kappa shape index (κ1) is 22.5. The largest absolute Gasteiger partial charge is 0.354 e. The molecule has 0 bridgehead atoms. The average molecular weight is 452 g/mol. The maximum Gasteiger partial charge on any atom is 0.270 e. The number of Topliss-reactive ketones (excluding diaryl/α,β-unsaturated/α-hetero) is 1. The molecule has 1 fully saturated rings. The fourth-order valence-corrected chi connectivity index (χ4v) is 5.63. The number of hydrogen-bond donors (Lipinski definition) is 1. The number of carbonyl (C=O) groups excluding carboxylic acids is 2. The molecule has 7 nitrogen and oxygen atoms in total. The molecule has 30 heavy (non-hydrogen) atoms. The second-order valence-electron chi connectivity index (χ2n) is 7.44. The molecule has 0 saturated carbocycles. The van der Waals surface area contributed by atoms with Crippen molar-refractivity contribution in [2.24, 2.45) is 0 Å². The molecule has 162 valence electrons. The van der Waals surface area contributed by atoms with Gasteiger partial charge in [-0.15, -0.1) is 0 Å². The molecule has 1 aromatic carbocycles. The number of aromatic amines is 1. The number of H-pyrrole nitrogens is 1. The average Bonchev–Trinajstić information content (AvgIpc) is 3.04. The second-order valence-corrected chi connectivity index (χ2v) is 9.81. The molecule has 1 aliphatic rings. The lowest BCUT2D eigenvalue weighted by Crippen LogP contribution is -2.50. The highest BCUT2D eigenvalue weighted by Crippen LogP contribution is 2.25. The van der Waals surface area contributed by atoms with Gasteiger partial charge in [0, 0.05) is 42.5 Å². The van der Waals surface area contributed by atoms with Crippen molar-refractivity contribution in [3.8, 4) is 0 Å². The Hall–Kier alpha value is -2.16. The Bertz CT molecular complexity index is 1070. The third-order valence-electron chi connectivity index (χ3n) is 5.32. The predicted molar refractivity (Wildman–Crippen MR) is 116 cm³/mol. The Balaban J connectivity index is 1.78. The summed E-state index contributed by atoms with van der Waals surface area (Å²) >= 11 is 5.94. The number of piperazine rings is 1.